The molecule has 0 aliphatic heterocycles. The number of pyridine rings is 1. The molecular formula is C17H22N2O2. The van der Waals surface area contributed by atoms with Gasteiger partial charge in [-0.2, -0.15) is 0 Å². The van der Waals surface area contributed by atoms with Crippen LogP contribution in [0.15, 0.2) is 36.5 Å². The monoisotopic (exact) mass is 286 g/mol. The average Bonchev–Trinajstić information content (AvgIpc) is 2.53. The van der Waals surface area contributed by atoms with Crippen LogP contribution >= 0.6 is 0 Å². The lowest BCUT2D eigenvalue weighted by Gasteiger charge is -2.17. The molecule has 0 amide bonds. The smallest absolute Gasteiger partial charge is 0.160 e. The maximum atomic E-state index is 5.36. The first kappa shape index (κ1) is 15.3. The van der Waals surface area contributed by atoms with Gasteiger partial charge in [0.1, 0.15) is 0 Å². The van der Waals surface area contributed by atoms with Crippen molar-refractivity contribution in [1.82, 2.24) is 10.3 Å². The van der Waals surface area contributed by atoms with Gasteiger partial charge in [-0.25, -0.2) is 0 Å². The highest BCUT2D eigenvalue weighted by Gasteiger charge is 2.12. The third-order valence-corrected chi connectivity index (χ3v) is 3.57. The number of aromatic nitrogens is 1. The van der Waals surface area contributed by atoms with Crippen molar-refractivity contribution in [3.05, 3.63) is 53.3 Å². The van der Waals surface area contributed by atoms with Gasteiger partial charge in [-0.15, -0.1) is 0 Å². The van der Waals surface area contributed by atoms with Crippen molar-refractivity contribution in [3.8, 4) is 11.5 Å². The summed E-state index contributed by atoms with van der Waals surface area (Å²) < 4.78 is 10.6. The van der Waals surface area contributed by atoms with Crippen LogP contribution in [0.5, 0.6) is 11.5 Å². The minimum atomic E-state index is 0.219. The predicted molar refractivity (Wildman–Crippen MR) is 84.0 cm³/mol. The SMILES string of the molecule is CNC(Cc1ccc(OC)c(OC)c1)c1ccc(C)nc1. The molecule has 1 aromatic carbocycles. The molecule has 1 heterocycles. The standard InChI is InChI=1S/C17H22N2O2/c1-12-5-7-14(11-19-12)15(18-2)9-13-6-8-16(20-3)17(10-13)21-4/h5-8,10-11,15,18H,9H2,1-4H3. The number of benzene rings is 1. The number of rotatable bonds is 6. The Morgan fingerprint density at radius 1 is 1.10 bits per heavy atom. The molecule has 0 aliphatic carbocycles. The van der Waals surface area contributed by atoms with E-state index in [1.54, 1.807) is 14.2 Å². The second-order valence-electron chi connectivity index (χ2n) is 4.97. The van der Waals surface area contributed by atoms with E-state index in [1.807, 2.05) is 38.4 Å². The number of aryl methyl sites for hydroxylation is 1. The van der Waals surface area contributed by atoms with E-state index >= 15 is 0 Å². The van der Waals surface area contributed by atoms with Gasteiger partial charge in [-0.3, -0.25) is 4.98 Å². The molecule has 21 heavy (non-hydrogen) atoms. The Labute approximate surface area is 126 Å². The summed E-state index contributed by atoms with van der Waals surface area (Å²) in [6, 6.07) is 10.4. The summed E-state index contributed by atoms with van der Waals surface area (Å²) >= 11 is 0. The molecule has 2 aromatic rings. The van der Waals surface area contributed by atoms with Crippen LogP contribution in [0.25, 0.3) is 0 Å². The molecule has 0 spiro atoms. The number of likely N-dealkylation sites (N-methyl/N-ethyl adjacent to an activating group) is 1. The minimum Gasteiger partial charge on any atom is -0.493 e. The Hall–Kier alpha value is -2.07. The van der Waals surface area contributed by atoms with Gasteiger partial charge >= 0.3 is 0 Å². The number of ether oxygens (including phenoxy) is 2. The molecule has 0 aliphatic rings. The maximum absolute atomic E-state index is 5.36. The van der Waals surface area contributed by atoms with Gasteiger partial charge in [0.25, 0.3) is 0 Å². The first-order chi connectivity index (χ1) is 10.2. The third-order valence-electron chi connectivity index (χ3n) is 3.57. The number of nitrogens with zero attached hydrogens (tertiary/aromatic N) is 1. The van der Waals surface area contributed by atoms with Crippen LogP contribution in [0.4, 0.5) is 0 Å². The number of methoxy groups -OCH3 is 2. The molecule has 0 bridgehead atoms. The van der Waals surface area contributed by atoms with Crippen LogP contribution in [0.2, 0.25) is 0 Å². The van der Waals surface area contributed by atoms with Gasteiger partial charge in [-0.1, -0.05) is 12.1 Å². The summed E-state index contributed by atoms with van der Waals surface area (Å²) in [5.74, 6) is 1.51. The Balaban J connectivity index is 2.20. The van der Waals surface area contributed by atoms with E-state index in [-0.39, 0.29) is 6.04 Å². The Kier molecular flexibility index (Phi) is 5.17. The third kappa shape index (κ3) is 3.73. The van der Waals surface area contributed by atoms with Crippen LogP contribution in [0.1, 0.15) is 22.9 Å². The molecule has 0 saturated carbocycles. The molecule has 112 valence electrons. The first-order valence-corrected chi connectivity index (χ1v) is 6.98. The van der Waals surface area contributed by atoms with E-state index in [4.69, 9.17) is 9.47 Å². The van der Waals surface area contributed by atoms with Crippen molar-refractivity contribution in [2.24, 2.45) is 0 Å². The van der Waals surface area contributed by atoms with E-state index in [2.05, 4.69) is 22.4 Å². The molecular weight excluding hydrogens is 264 g/mol. The molecule has 1 unspecified atom stereocenters. The summed E-state index contributed by atoms with van der Waals surface area (Å²) in [5, 5.41) is 3.34. The van der Waals surface area contributed by atoms with Gasteiger partial charge in [0, 0.05) is 17.9 Å². The highest BCUT2D eigenvalue weighted by atomic mass is 16.5. The second-order valence-corrected chi connectivity index (χ2v) is 4.97. The fraction of sp³-hybridized carbons (Fsp3) is 0.353. The first-order valence-electron chi connectivity index (χ1n) is 6.98. The lowest BCUT2D eigenvalue weighted by molar-refractivity contribution is 0.354. The molecule has 1 atom stereocenters. The van der Waals surface area contributed by atoms with Gasteiger partial charge in [0.15, 0.2) is 11.5 Å². The number of nitrogens with one attached hydrogen (secondary N) is 1. The molecule has 2 rings (SSSR count). The summed E-state index contributed by atoms with van der Waals surface area (Å²) in [6.07, 6.45) is 2.79. The molecule has 0 fully saturated rings. The largest absolute Gasteiger partial charge is 0.493 e. The minimum absolute atomic E-state index is 0.219. The van der Waals surface area contributed by atoms with Crippen molar-refractivity contribution in [1.29, 1.82) is 0 Å². The quantitative estimate of drug-likeness (QED) is 0.886. The molecule has 4 heteroatoms. The fourth-order valence-corrected chi connectivity index (χ4v) is 2.32. The number of hydrogen-bond acceptors (Lipinski definition) is 4. The molecule has 1 aromatic heterocycles. The van der Waals surface area contributed by atoms with Gasteiger partial charge < -0.3 is 14.8 Å². The predicted octanol–water partition coefficient (Wildman–Crippen LogP) is 2.91. The van der Waals surface area contributed by atoms with Gasteiger partial charge in [0.2, 0.25) is 0 Å². The summed E-state index contributed by atoms with van der Waals surface area (Å²) in [4.78, 5) is 4.37. The van der Waals surface area contributed by atoms with E-state index in [0.717, 1.165) is 23.6 Å². The zero-order valence-corrected chi connectivity index (χ0v) is 13.0. The zero-order valence-electron chi connectivity index (χ0n) is 13.0. The molecule has 0 saturated heterocycles. The highest BCUT2D eigenvalue weighted by molar-refractivity contribution is 5.43. The van der Waals surface area contributed by atoms with Gasteiger partial charge in [-0.05, 0) is 49.7 Å². The van der Waals surface area contributed by atoms with E-state index in [0.29, 0.717) is 0 Å². The van der Waals surface area contributed by atoms with Crippen molar-refractivity contribution in [2.45, 2.75) is 19.4 Å². The van der Waals surface area contributed by atoms with Crippen molar-refractivity contribution < 1.29 is 9.47 Å². The van der Waals surface area contributed by atoms with Crippen LogP contribution in [0.3, 0.4) is 0 Å². The van der Waals surface area contributed by atoms with Crippen LogP contribution in [-0.4, -0.2) is 26.3 Å². The van der Waals surface area contributed by atoms with E-state index in [1.165, 1.54) is 11.1 Å². The zero-order chi connectivity index (χ0) is 15.2. The lowest BCUT2D eigenvalue weighted by Crippen LogP contribution is -2.19. The van der Waals surface area contributed by atoms with E-state index in [9.17, 15) is 0 Å². The second kappa shape index (κ2) is 7.09. The van der Waals surface area contributed by atoms with Crippen molar-refractivity contribution in [3.63, 3.8) is 0 Å². The van der Waals surface area contributed by atoms with Gasteiger partial charge in [0.05, 0.1) is 14.2 Å². The average molecular weight is 286 g/mol. The Morgan fingerprint density at radius 2 is 1.86 bits per heavy atom. The normalized spacial score (nSPS) is 12.0. The highest BCUT2D eigenvalue weighted by Crippen LogP contribution is 2.29. The van der Waals surface area contributed by atoms with Crippen molar-refractivity contribution in [2.75, 3.05) is 21.3 Å². The summed E-state index contributed by atoms with van der Waals surface area (Å²) in [7, 11) is 5.26. The Bertz CT molecular complexity index is 582. The van der Waals surface area contributed by atoms with Crippen molar-refractivity contribution >= 4 is 0 Å². The van der Waals surface area contributed by atoms with Crippen LogP contribution in [-0.2, 0) is 6.42 Å². The topological polar surface area (TPSA) is 43.4 Å². The lowest BCUT2D eigenvalue weighted by atomic mass is 10.00. The molecule has 0 radical (unpaired) electrons. The van der Waals surface area contributed by atoms with Crippen LogP contribution in [0, 0.1) is 6.92 Å². The summed E-state index contributed by atoms with van der Waals surface area (Å²) in [5.41, 5.74) is 3.39. The van der Waals surface area contributed by atoms with E-state index < -0.39 is 0 Å². The Morgan fingerprint density at radius 3 is 2.43 bits per heavy atom. The molecule has 4 nitrogen and oxygen atoms in total. The molecule has 1 N–H and O–H groups in total. The summed E-state index contributed by atoms with van der Waals surface area (Å²) in [6.45, 7) is 1.99. The fourth-order valence-electron chi connectivity index (χ4n) is 2.32. The maximum Gasteiger partial charge on any atom is 0.160 e. The van der Waals surface area contributed by atoms with Crippen LogP contribution < -0.4 is 14.8 Å². The number of hydrogen-bond donors (Lipinski definition) is 1.